The topological polar surface area (TPSA) is 64.6 Å². The van der Waals surface area contributed by atoms with Crippen LogP contribution in [0.15, 0.2) is 12.1 Å². The van der Waals surface area contributed by atoms with Crippen molar-refractivity contribution in [1.82, 2.24) is 15.5 Å². The summed E-state index contributed by atoms with van der Waals surface area (Å²) in [5, 5.41) is 14.6. The molecule has 3 atom stereocenters. The second-order valence-corrected chi connectivity index (χ2v) is 6.28. The molecule has 0 spiro atoms. The molecule has 2 rings (SSSR count). The van der Waals surface area contributed by atoms with Crippen LogP contribution in [-0.4, -0.2) is 48.8 Å². The fourth-order valence-corrected chi connectivity index (χ4v) is 2.95. The molecule has 1 aromatic rings. The summed E-state index contributed by atoms with van der Waals surface area (Å²) >= 11 is 0. The smallest absolute Gasteiger partial charge is 0.315 e. The molecule has 0 saturated heterocycles. The van der Waals surface area contributed by atoms with E-state index in [-0.39, 0.29) is 11.6 Å². The van der Waals surface area contributed by atoms with Crippen molar-refractivity contribution in [2.75, 3.05) is 20.7 Å². The molecule has 0 bridgehead atoms. The van der Waals surface area contributed by atoms with Gasteiger partial charge in [0.05, 0.1) is 12.6 Å². The van der Waals surface area contributed by atoms with E-state index < -0.39 is 36.1 Å². The molecule has 1 fully saturated rings. The van der Waals surface area contributed by atoms with E-state index in [9.17, 15) is 23.1 Å². The Morgan fingerprint density at radius 2 is 1.92 bits per heavy atom. The SMILES string of the molecule is CN(C)C1CCC(NC(=O)NC(CO)c2cc(F)c(F)c(F)c2)C1. The number of urea groups is 1. The number of nitrogens with zero attached hydrogens (tertiary/aromatic N) is 1. The lowest BCUT2D eigenvalue weighted by atomic mass is 10.1. The Labute approximate surface area is 138 Å². The third kappa shape index (κ3) is 4.39. The van der Waals surface area contributed by atoms with Gasteiger partial charge < -0.3 is 20.6 Å². The third-order valence-electron chi connectivity index (χ3n) is 4.37. The first kappa shape index (κ1) is 18.5. The van der Waals surface area contributed by atoms with E-state index in [1.165, 1.54) is 0 Å². The summed E-state index contributed by atoms with van der Waals surface area (Å²) in [6, 6.07) is 0.348. The fraction of sp³-hybridized carbons (Fsp3) is 0.562. The Balaban J connectivity index is 1.96. The van der Waals surface area contributed by atoms with Crippen molar-refractivity contribution in [3.05, 3.63) is 35.1 Å². The van der Waals surface area contributed by atoms with Crippen molar-refractivity contribution in [1.29, 1.82) is 0 Å². The molecule has 5 nitrogen and oxygen atoms in total. The van der Waals surface area contributed by atoms with E-state index in [4.69, 9.17) is 0 Å². The number of rotatable bonds is 5. The third-order valence-corrected chi connectivity index (χ3v) is 4.37. The van der Waals surface area contributed by atoms with Crippen LogP contribution in [-0.2, 0) is 0 Å². The van der Waals surface area contributed by atoms with Gasteiger partial charge in [-0.1, -0.05) is 0 Å². The van der Waals surface area contributed by atoms with Gasteiger partial charge in [-0.05, 0) is 51.1 Å². The van der Waals surface area contributed by atoms with Crippen LogP contribution in [0.2, 0.25) is 0 Å². The van der Waals surface area contributed by atoms with Crippen molar-refractivity contribution in [2.45, 2.75) is 37.4 Å². The minimum atomic E-state index is -1.58. The predicted molar refractivity (Wildman–Crippen MR) is 82.9 cm³/mol. The van der Waals surface area contributed by atoms with Crippen LogP contribution < -0.4 is 10.6 Å². The van der Waals surface area contributed by atoms with Crippen LogP contribution in [0.1, 0.15) is 30.9 Å². The highest BCUT2D eigenvalue weighted by Gasteiger charge is 2.28. The zero-order valence-corrected chi connectivity index (χ0v) is 13.7. The van der Waals surface area contributed by atoms with Gasteiger partial charge in [-0.3, -0.25) is 0 Å². The second kappa shape index (κ2) is 7.85. The molecule has 8 heteroatoms. The van der Waals surface area contributed by atoms with E-state index in [1.54, 1.807) is 0 Å². The number of carbonyl (C=O) groups is 1. The number of aliphatic hydroxyl groups is 1. The van der Waals surface area contributed by atoms with Crippen molar-refractivity contribution in [3.63, 3.8) is 0 Å². The van der Waals surface area contributed by atoms with Crippen molar-refractivity contribution in [3.8, 4) is 0 Å². The number of benzene rings is 1. The van der Waals surface area contributed by atoms with Crippen LogP contribution in [0.25, 0.3) is 0 Å². The monoisotopic (exact) mass is 345 g/mol. The van der Waals surface area contributed by atoms with Crippen LogP contribution in [0.4, 0.5) is 18.0 Å². The van der Waals surface area contributed by atoms with E-state index in [0.717, 1.165) is 31.4 Å². The minimum absolute atomic E-state index is 0.00145. The van der Waals surface area contributed by atoms with Gasteiger partial charge >= 0.3 is 6.03 Å². The van der Waals surface area contributed by atoms with Gasteiger partial charge in [0.15, 0.2) is 17.5 Å². The van der Waals surface area contributed by atoms with Gasteiger partial charge in [-0.25, -0.2) is 18.0 Å². The Hall–Kier alpha value is -1.80. The summed E-state index contributed by atoms with van der Waals surface area (Å²) in [6.45, 7) is -0.567. The second-order valence-electron chi connectivity index (χ2n) is 6.28. The minimum Gasteiger partial charge on any atom is -0.394 e. The van der Waals surface area contributed by atoms with E-state index >= 15 is 0 Å². The molecule has 0 radical (unpaired) electrons. The Morgan fingerprint density at radius 3 is 2.42 bits per heavy atom. The fourth-order valence-electron chi connectivity index (χ4n) is 2.95. The van der Waals surface area contributed by atoms with Gasteiger partial charge in [-0.15, -0.1) is 0 Å². The van der Waals surface area contributed by atoms with E-state index in [0.29, 0.717) is 6.04 Å². The summed E-state index contributed by atoms with van der Waals surface area (Å²) in [4.78, 5) is 14.1. The molecular formula is C16H22F3N3O2. The molecule has 134 valence electrons. The molecule has 24 heavy (non-hydrogen) atoms. The summed E-state index contributed by atoms with van der Waals surface area (Å²) < 4.78 is 39.6. The van der Waals surface area contributed by atoms with Crippen molar-refractivity contribution in [2.24, 2.45) is 0 Å². The summed E-state index contributed by atoms with van der Waals surface area (Å²) in [5.74, 6) is -4.31. The number of aliphatic hydroxyl groups excluding tert-OH is 1. The number of hydrogen-bond donors (Lipinski definition) is 3. The first-order chi connectivity index (χ1) is 11.3. The molecular weight excluding hydrogens is 323 g/mol. The molecule has 3 N–H and O–H groups in total. The lowest BCUT2D eigenvalue weighted by Crippen LogP contribution is -2.44. The molecule has 2 amide bonds. The standard InChI is InChI=1S/C16H22F3N3O2/c1-22(2)11-4-3-10(7-11)20-16(24)21-14(8-23)9-5-12(17)15(19)13(18)6-9/h5-6,10-11,14,23H,3-4,7-8H2,1-2H3,(H2,20,21,24). The normalized spacial score (nSPS) is 21.8. The quantitative estimate of drug-likeness (QED) is 0.715. The van der Waals surface area contributed by atoms with Crippen molar-refractivity contribution < 1.29 is 23.1 Å². The highest BCUT2D eigenvalue weighted by atomic mass is 19.2. The number of nitrogens with one attached hydrogen (secondary N) is 2. The molecule has 0 aliphatic heterocycles. The lowest BCUT2D eigenvalue weighted by Gasteiger charge is -2.21. The molecule has 1 aliphatic carbocycles. The Bertz CT molecular complexity index is 575. The Kier molecular flexibility index (Phi) is 6.06. The number of halogens is 3. The molecule has 0 aromatic heterocycles. The first-order valence-electron chi connectivity index (χ1n) is 7.80. The van der Waals surface area contributed by atoms with Gasteiger partial charge in [-0.2, -0.15) is 0 Å². The Morgan fingerprint density at radius 1 is 1.29 bits per heavy atom. The average molecular weight is 345 g/mol. The highest BCUT2D eigenvalue weighted by Crippen LogP contribution is 2.23. The van der Waals surface area contributed by atoms with Crippen molar-refractivity contribution >= 4 is 6.03 Å². The maximum absolute atomic E-state index is 13.3. The average Bonchev–Trinajstić information content (AvgIpc) is 2.98. The lowest BCUT2D eigenvalue weighted by molar-refractivity contribution is 0.213. The molecule has 3 unspecified atom stereocenters. The maximum atomic E-state index is 13.3. The van der Waals surface area contributed by atoms with Gasteiger partial charge in [0.25, 0.3) is 0 Å². The van der Waals surface area contributed by atoms with Crippen LogP contribution in [0.5, 0.6) is 0 Å². The van der Waals surface area contributed by atoms with Crippen LogP contribution in [0, 0.1) is 17.5 Å². The first-order valence-corrected chi connectivity index (χ1v) is 7.80. The van der Waals surface area contributed by atoms with Gasteiger partial charge in [0.1, 0.15) is 0 Å². The summed E-state index contributed by atoms with van der Waals surface area (Å²) in [7, 11) is 3.96. The van der Waals surface area contributed by atoms with E-state index in [2.05, 4.69) is 15.5 Å². The van der Waals surface area contributed by atoms with Gasteiger partial charge in [0, 0.05) is 12.1 Å². The predicted octanol–water partition coefficient (Wildman–Crippen LogP) is 1.92. The highest BCUT2D eigenvalue weighted by molar-refractivity contribution is 5.74. The molecule has 0 heterocycles. The summed E-state index contributed by atoms with van der Waals surface area (Å²) in [5.41, 5.74) is -0.0401. The van der Waals surface area contributed by atoms with E-state index in [1.807, 2.05) is 14.1 Å². The maximum Gasteiger partial charge on any atom is 0.315 e. The number of hydrogen-bond acceptors (Lipinski definition) is 3. The number of amides is 2. The number of carbonyl (C=O) groups excluding carboxylic acids is 1. The van der Waals surface area contributed by atoms with Crippen LogP contribution in [0.3, 0.4) is 0 Å². The van der Waals surface area contributed by atoms with Crippen LogP contribution >= 0.6 is 0 Å². The van der Waals surface area contributed by atoms with Gasteiger partial charge in [0.2, 0.25) is 0 Å². The molecule has 1 saturated carbocycles. The largest absolute Gasteiger partial charge is 0.394 e. The zero-order valence-electron chi connectivity index (χ0n) is 13.7. The zero-order chi connectivity index (χ0) is 17.9. The summed E-state index contributed by atoms with van der Waals surface area (Å²) in [6.07, 6.45) is 2.61. The molecule has 1 aliphatic rings. The molecule has 1 aromatic carbocycles.